The Bertz CT molecular complexity index is 620. The van der Waals surface area contributed by atoms with E-state index in [1.54, 1.807) is 43.7 Å². The number of imidazole rings is 1. The number of hydrogen-bond donors (Lipinski definition) is 2. The van der Waals surface area contributed by atoms with Crippen LogP contribution < -0.4 is 5.32 Å². The number of nitrogens with one attached hydrogen (secondary N) is 2. The van der Waals surface area contributed by atoms with Gasteiger partial charge in [0, 0.05) is 32.2 Å². The van der Waals surface area contributed by atoms with Crippen LogP contribution in [0.25, 0.3) is 0 Å². The summed E-state index contributed by atoms with van der Waals surface area (Å²) in [6.07, 6.45) is 3.26. The van der Waals surface area contributed by atoms with Crippen molar-refractivity contribution in [2.24, 2.45) is 0 Å². The van der Waals surface area contributed by atoms with E-state index in [2.05, 4.69) is 15.3 Å². The molecule has 102 valence electrons. The van der Waals surface area contributed by atoms with Gasteiger partial charge in [0.1, 0.15) is 5.82 Å². The SMILES string of the molecule is CNc1ccc(S(=O)(=O)N(C)Cc2ncc[nH]2)cc1. The fraction of sp³-hybridized carbons (Fsp3) is 0.250. The second-order valence-electron chi connectivity index (χ2n) is 4.07. The highest BCUT2D eigenvalue weighted by molar-refractivity contribution is 7.89. The lowest BCUT2D eigenvalue weighted by molar-refractivity contribution is 0.458. The van der Waals surface area contributed by atoms with Crippen molar-refractivity contribution in [2.45, 2.75) is 11.4 Å². The first-order chi connectivity index (χ1) is 9.04. The average molecular weight is 280 g/mol. The summed E-state index contributed by atoms with van der Waals surface area (Å²) >= 11 is 0. The lowest BCUT2D eigenvalue weighted by Crippen LogP contribution is -2.27. The van der Waals surface area contributed by atoms with Crippen LogP contribution in [0.1, 0.15) is 5.82 Å². The molecule has 0 saturated heterocycles. The van der Waals surface area contributed by atoms with Crippen LogP contribution in [0.15, 0.2) is 41.6 Å². The normalized spacial score (nSPS) is 11.7. The van der Waals surface area contributed by atoms with Crippen molar-refractivity contribution in [1.29, 1.82) is 0 Å². The molecule has 1 aromatic carbocycles. The zero-order valence-electron chi connectivity index (χ0n) is 10.8. The van der Waals surface area contributed by atoms with Crippen molar-refractivity contribution >= 4 is 15.7 Å². The molecule has 0 radical (unpaired) electrons. The Kier molecular flexibility index (Phi) is 3.87. The van der Waals surface area contributed by atoms with Crippen molar-refractivity contribution < 1.29 is 8.42 Å². The summed E-state index contributed by atoms with van der Waals surface area (Å²) in [6, 6.07) is 6.63. The van der Waals surface area contributed by atoms with E-state index in [0.29, 0.717) is 5.82 Å². The molecule has 0 unspecified atom stereocenters. The quantitative estimate of drug-likeness (QED) is 0.864. The van der Waals surface area contributed by atoms with Crippen molar-refractivity contribution in [2.75, 3.05) is 19.4 Å². The highest BCUT2D eigenvalue weighted by Crippen LogP contribution is 2.18. The second-order valence-corrected chi connectivity index (χ2v) is 6.12. The molecule has 6 nitrogen and oxygen atoms in total. The Morgan fingerprint density at radius 1 is 1.32 bits per heavy atom. The van der Waals surface area contributed by atoms with Crippen LogP contribution in [-0.4, -0.2) is 36.8 Å². The number of benzene rings is 1. The number of sulfonamides is 1. The molecule has 0 amide bonds. The van der Waals surface area contributed by atoms with Crippen LogP contribution in [0, 0.1) is 0 Å². The molecule has 0 aliphatic carbocycles. The van der Waals surface area contributed by atoms with Gasteiger partial charge in [-0.2, -0.15) is 4.31 Å². The summed E-state index contributed by atoms with van der Waals surface area (Å²) in [4.78, 5) is 7.17. The van der Waals surface area contributed by atoms with E-state index in [9.17, 15) is 8.42 Å². The maximum Gasteiger partial charge on any atom is 0.243 e. The van der Waals surface area contributed by atoms with Crippen molar-refractivity contribution in [1.82, 2.24) is 14.3 Å². The number of H-pyrrole nitrogens is 1. The van der Waals surface area contributed by atoms with Gasteiger partial charge in [-0.15, -0.1) is 0 Å². The van der Waals surface area contributed by atoms with Gasteiger partial charge in [-0.3, -0.25) is 0 Å². The van der Waals surface area contributed by atoms with Gasteiger partial charge in [-0.1, -0.05) is 0 Å². The number of nitrogens with zero attached hydrogens (tertiary/aromatic N) is 2. The van der Waals surface area contributed by atoms with Crippen LogP contribution in [0.5, 0.6) is 0 Å². The van der Waals surface area contributed by atoms with Gasteiger partial charge in [0.2, 0.25) is 10.0 Å². The van der Waals surface area contributed by atoms with Gasteiger partial charge in [-0.05, 0) is 24.3 Å². The van der Waals surface area contributed by atoms with E-state index in [1.807, 2.05) is 0 Å². The summed E-state index contributed by atoms with van der Waals surface area (Å²) in [5.41, 5.74) is 0.868. The third-order valence-electron chi connectivity index (χ3n) is 2.78. The predicted octanol–water partition coefficient (Wildman–Crippen LogP) is 1.27. The molecule has 1 heterocycles. The molecule has 1 aromatic heterocycles. The molecule has 0 spiro atoms. The lowest BCUT2D eigenvalue weighted by Gasteiger charge is -2.16. The zero-order valence-corrected chi connectivity index (χ0v) is 11.6. The fourth-order valence-corrected chi connectivity index (χ4v) is 2.79. The minimum atomic E-state index is -3.49. The van der Waals surface area contributed by atoms with Crippen LogP contribution >= 0.6 is 0 Å². The molecular formula is C12H16N4O2S. The molecule has 0 fully saturated rings. The fourth-order valence-electron chi connectivity index (χ4n) is 1.65. The summed E-state index contributed by atoms with van der Waals surface area (Å²) in [6.45, 7) is 0.211. The molecule has 0 aliphatic heterocycles. The third kappa shape index (κ3) is 2.94. The second kappa shape index (κ2) is 5.41. The first-order valence-electron chi connectivity index (χ1n) is 5.76. The summed E-state index contributed by atoms with van der Waals surface area (Å²) < 4.78 is 25.9. The number of aromatic amines is 1. The summed E-state index contributed by atoms with van der Waals surface area (Å²) in [5, 5.41) is 2.95. The minimum Gasteiger partial charge on any atom is -0.388 e. The molecule has 2 N–H and O–H groups in total. The summed E-state index contributed by atoms with van der Waals surface area (Å²) in [7, 11) is -0.179. The van der Waals surface area contributed by atoms with Crippen LogP contribution in [0.2, 0.25) is 0 Å². The van der Waals surface area contributed by atoms with Gasteiger partial charge in [0.25, 0.3) is 0 Å². The zero-order chi connectivity index (χ0) is 13.9. The molecule has 0 saturated carbocycles. The lowest BCUT2D eigenvalue weighted by atomic mass is 10.3. The standard InChI is InChI=1S/C12H16N4O2S/c1-13-10-3-5-11(6-4-10)19(17,18)16(2)9-12-14-7-8-15-12/h3-8,13H,9H2,1-2H3,(H,14,15). The highest BCUT2D eigenvalue weighted by atomic mass is 32.2. The maximum absolute atomic E-state index is 12.3. The topological polar surface area (TPSA) is 78.1 Å². The van der Waals surface area contributed by atoms with E-state index >= 15 is 0 Å². The van der Waals surface area contributed by atoms with E-state index in [-0.39, 0.29) is 11.4 Å². The molecule has 2 aromatic rings. The Balaban J connectivity index is 2.20. The van der Waals surface area contributed by atoms with Gasteiger partial charge in [0.15, 0.2) is 0 Å². The molecular weight excluding hydrogens is 264 g/mol. The Morgan fingerprint density at radius 3 is 2.53 bits per heavy atom. The van der Waals surface area contributed by atoms with Crippen molar-refractivity contribution in [3.8, 4) is 0 Å². The molecule has 19 heavy (non-hydrogen) atoms. The summed E-state index contributed by atoms with van der Waals surface area (Å²) in [5.74, 6) is 0.609. The van der Waals surface area contributed by atoms with Crippen LogP contribution in [0.4, 0.5) is 5.69 Å². The number of anilines is 1. The molecule has 2 rings (SSSR count). The monoisotopic (exact) mass is 280 g/mol. The highest BCUT2D eigenvalue weighted by Gasteiger charge is 2.21. The Hall–Kier alpha value is -1.86. The van der Waals surface area contributed by atoms with Crippen molar-refractivity contribution in [3.63, 3.8) is 0 Å². The van der Waals surface area contributed by atoms with E-state index in [0.717, 1.165) is 5.69 Å². The predicted molar refractivity (Wildman–Crippen MR) is 73.2 cm³/mol. The maximum atomic E-state index is 12.3. The Labute approximate surface area is 112 Å². The third-order valence-corrected chi connectivity index (χ3v) is 4.60. The Morgan fingerprint density at radius 2 is 2.00 bits per heavy atom. The number of hydrogen-bond acceptors (Lipinski definition) is 4. The largest absolute Gasteiger partial charge is 0.388 e. The smallest absolute Gasteiger partial charge is 0.243 e. The van der Waals surface area contributed by atoms with E-state index in [4.69, 9.17) is 0 Å². The molecule has 0 aliphatic rings. The first kappa shape index (κ1) is 13.6. The molecule has 0 atom stereocenters. The molecule has 0 bridgehead atoms. The number of rotatable bonds is 5. The van der Waals surface area contributed by atoms with E-state index in [1.165, 1.54) is 11.4 Å². The van der Waals surface area contributed by atoms with Gasteiger partial charge in [-0.25, -0.2) is 13.4 Å². The van der Waals surface area contributed by atoms with Gasteiger partial charge >= 0.3 is 0 Å². The first-order valence-corrected chi connectivity index (χ1v) is 7.20. The molecule has 7 heteroatoms. The van der Waals surface area contributed by atoms with Gasteiger partial charge in [0.05, 0.1) is 11.4 Å². The number of aromatic nitrogens is 2. The minimum absolute atomic E-state index is 0.211. The van der Waals surface area contributed by atoms with Gasteiger partial charge < -0.3 is 10.3 Å². The van der Waals surface area contributed by atoms with Crippen LogP contribution in [-0.2, 0) is 16.6 Å². The van der Waals surface area contributed by atoms with Crippen molar-refractivity contribution in [3.05, 3.63) is 42.5 Å². The van der Waals surface area contributed by atoms with Crippen LogP contribution in [0.3, 0.4) is 0 Å². The van der Waals surface area contributed by atoms with E-state index < -0.39 is 10.0 Å². The average Bonchev–Trinajstić information content (AvgIpc) is 2.91.